The number of aromatic nitrogens is 1. The molecule has 3 heterocycles. The van der Waals surface area contributed by atoms with Crippen molar-refractivity contribution >= 4 is 5.82 Å². The van der Waals surface area contributed by atoms with Crippen molar-refractivity contribution in [2.75, 3.05) is 38.2 Å². The fourth-order valence-electron chi connectivity index (χ4n) is 3.04. The number of rotatable bonds is 1. The summed E-state index contributed by atoms with van der Waals surface area (Å²) < 4.78 is 43.6. The standard InChI is InChI=1S/C14H18F3N3O/c1-19-5-4-12-11(9-19)20(6-7-21-12)13-3-2-10(8-18-13)14(15,16)17/h2-3,8,11-12H,4-7,9H2,1H3/t11-,12+/m1/s1. The summed E-state index contributed by atoms with van der Waals surface area (Å²) in [5.74, 6) is 0.594. The van der Waals surface area contributed by atoms with Crippen LogP contribution in [0.25, 0.3) is 0 Å². The van der Waals surface area contributed by atoms with E-state index in [2.05, 4.69) is 14.8 Å². The molecule has 2 aliphatic rings. The first-order valence-corrected chi connectivity index (χ1v) is 7.05. The fourth-order valence-corrected chi connectivity index (χ4v) is 3.04. The molecule has 2 aliphatic heterocycles. The molecular weight excluding hydrogens is 283 g/mol. The molecule has 1 aromatic rings. The van der Waals surface area contributed by atoms with Crippen molar-refractivity contribution in [2.24, 2.45) is 0 Å². The van der Waals surface area contributed by atoms with Crippen molar-refractivity contribution in [3.8, 4) is 0 Å². The highest BCUT2D eigenvalue weighted by Gasteiger charge is 2.37. The predicted molar refractivity (Wildman–Crippen MR) is 72.2 cm³/mol. The molecule has 2 saturated heterocycles. The van der Waals surface area contributed by atoms with E-state index in [-0.39, 0.29) is 12.1 Å². The van der Waals surface area contributed by atoms with Crippen LogP contribution in [0.2, 0.25) is 0 Å². The highest BCUT2D eigenvalue weighted by molar-refractivity contribution is 5.42. The van der Waals surface area contributed by atoms with Crippen molar-refractivity contribution in [3.63, 3.8) is 0 Å². The summed E-state index contributed by atoms with van der Waals surface area (Å²) in [5.41, 5.74) is -0.711. The van der Waals surface area contributed by atoms with Gasteiger partial charge in [-0.1, -0.05) is 0 Å². The van der Waals surface area contributed by atoms with Crippen molar-refractivity contribution in [1.82, 2.24) is 9.88 Å². The van der Waals surface area contributed by atoms with Crippen LogP contribution in [0, 0.1) is 0 Å². The van der Waals surface area contributed by atoms with Gasteiger partial charge in [-0.25, -0.2) is 4.98 Å². The Morgan fingerprint density at radius 1 is 1.29 bits per heavy atom. The number of hydrogen-bond acceptors (Lipinski definition) is 4. The second-order valence-corrected chi connectivity index (χ2v) is 5.62. The van der Waals surface area contributed by atoms with Gasteiger partial charge in [-0.2, -0.15) is 13.2 Å². The van der Waals surface area contributed by atoms with Gasteiger partial charge in [0.05, 0.1) is 24.3 Å². The highest BCUT2D eigenvalue weighted by atomic mass is 19.4. The molecule has 3 rings (SSSR count). The van der Waals surface area contributed by atoms with Gasteiger partial charge in [-0.05, 0) is 25.6 Å². The van der Waals surface area contributed by atoms with E-state index in [4.69, 9.17) is 4.74 Å². The van der Waals surface area contributed by atoms with Crippen LogP contribution in [0.15, 0.2) is 18.3 Å². The lowest BCUT2D eigenvalue weighted by Crippen LogP contribution is -2.59. The molecule has 0 bridgehead atoms. The number of nitrogens with zero attached hydrogens (tertiary/aromatic N) is 3. The molecule has 0 spiro atoms. The molecule has 1 aromatic heterocycles. The number of likely N-dealkylation sites (tertiary alicyclic amines) is 1. The predicted octanol–water partition coefficient (Wildman–Crippen LogP) is 2.01. The van der Waals surface area contributed by atoms with E-state index in [9.17, 15) is 13.2 Å². The summed E-state index contributed by atoms with van der Waals surface area (Å²) in [6.45, 7) is 3.07. The topological polar surface area (TPSA) is 28.6 Å². The van der Waals surface area contributed by atoms with Gasteiger partial charge < -0.3 is 14.5 Å². The number of halogens is 3. The van der Waals surface area contributed by atoms with E-state index in [1.165, 1.54) is 6.07 Å². The zero-order valence-electron chi connectivity index (χ0n) is 11.8. The SMILES string of the molecule is CN1CC[C@@H]2OCCN(c3ccc(C(F)(F)F)cn3)[C@@H]2C1. The Hall–Kier alpha value is -1.34. The Labute approximate surface area is 121 Å². The monoisotopic (exact) mass is 301 g/mol. The first-order chi connectivity index (χ1) is 9.95. The molecule has 0 aliphatic carbocycles. The Morgan fingerprint density at radius 3 is 2.76 bits per heavy atom. The Morgan fingerprint density at radius 2 is 2.10 bits per heavy atom. The minimum Gasteiger partial charge on any atom is -0.374 e. The van der Waals surface area contributed by atoms with E-state index < -0.39 is 11.7 Å². The number of pyridine rings is 1. The van der Waals surface area contributed by atoms with Gasteiger partial charge in [-0.3, -0.25) is 0 Å². The number of fused-ring (bicyclic) bond motifs is 1. The van der Waals surface area contributed by atoms with Crippen LogP contribution >= 0.6 is 0 Å². The summed E-state index contributed by atoms with van der Waals surface area (Å²) in [6.07, 6.45) is -2.35. The van der Waals surface area contributed by atoms with Crippen molar-refractivity contribution < 1.29 is 17.9 Å². The Bertz CT molecular complexity index is 491. The highest BCUT2D eigenvalue weighted by Crippen LogP contribution is 2.31. The molecule has 0 unspecified atom stereocenters. The lowest BCUT2D eigenvalue weighted by molar-refractivity contribution is -0.137. The first-order valence-electron chi connectivity index (χ1n) is 7.05. The molecule has 4 nitrogen and oxygen atoms in total. The minimum atomic E-state index is -4.34. The summed E-state index contributed by atoms with van der Waals surface area (Å²) in [4.78, 5) is 8.31. The summed E-state index contributed by atoms with van der Waals surface area (Å²) in [7, 11) is 2.04. The van der Waals surface area contributed by atoms with Gasteiger partial charge in [0.25, 0.3) is 0 Å². The van der Waals surface area contributed by atoms with Gasteiger partial charge in [0.2, 0.25) is 0 Å². The third-order valence-electron chi connectivity index (χ3n) is 4.16. The van der Waals surface area contributed by atoms with Crippen molar-refractivity contribution in [3.05, 3.63) is 23.9 Å². The second kappa shape index (κ2) is 5.46. The number of likely N-dealkylation sites (N-methyl/N-ethyl adjacent to an activating group) is 1. The summed E-state index contributed by atoms with van der Waals surface area (Å²) in [6, 6.07) is 2.71. The third kappa shape index (κ3) is 2.98. The lowest BCUT2D eigenvalue weighted by Gasteiger charge is -2.46. The molecule has 2 atom stereocenters. The van der Waals surface area contributed by atoms with E-state index >= 15 is 0 Å². The van der Waals surface area contributed by atoms with Crippen LogP contribution in [-0.2, 0) is 10.9 Å². The van der Waals surface area contributed by atoms with Gasteiger partial charge in [0.1, 0.15) is 5.82 Å². The molecule has 21 heavy (non-hydrogen) atoms. The zero-order valence-corrected chi connectivity index (χ0v) is 11.8. The quantitative estimate of drug-likeness (QED) is 0.793. The van der Waals surface area contributed by atoms with E-state index in [0.29, 0.717) is 19.0 Å². The maximum atomic E-state index is 12.6. The van der Waals surface area contributed by atoms with E-state index in [0.717, 1.165) is 31.8 Å². The molecular formula is C14H18F3N3O. The Kier molecular flexibility index (Phi) is 3.79. The van der Waals surface area contributed by atoms with Crippen LogP contribution in [-0.4, -0.2) is 55.3 Å². The van der Waals surface area contributed by atoms with E-state index in [1.807, 2.05) is 7.05 Å². The van der Waals surface area contributed by atoms with E-state index in [1.54, 1.807) is 0 Å². The van der Waals surface area contributed by atoms with Crippen molar-refractivity contribution in [2.45, 2.75) is 24.7 Å². The maximum absolute atomic E-state index is 12.6. The van der Waals surface area contributed by atoms with Crippen LogP contribution in [0.5, 0.6) is 0 Å². The summed E-state index contributed by atoms with van der Waals surface area (Å²) >= 11 is 0. The normalized spacial score (nSPS) is 27.5. The third-order valence-corrected chi connectivity index (χ3v) is 4.16. The number of ether oxygens (including phenoxy) is 1. The van der Waals surface area contributed by atoms with Crippen LogP contribution < -0.4 is 4.90 Å². The van der Waals surface area contributed by atoms with Crippen LogP contribution in [0.1, 0.15) is 12.0 Å². The zero-order chi connectivity index (χ0) is 15.0. The number of anilines is 1. The minimum absolute atomic E-state index is 0.138. The molecule has 7 heteroatoms. The lowest BCUT2D eigenvalue weighted by atomic mass is 9.99. The van der Waals surface area contributed by atoms with Gasteiger partial charge in [0, 0.05) is 25.8 Å². The van der Waals surface area contributed by atoms with Crippen molar-refractivity contribution in [1.29, 1.82) is 0 Å². The summed E-state index contributed by atoms with van der Waals surface area (Å²) in [5, 5.41) is 0. The smallest absolute Gasteiger partial charge is 0.374 e. The molecule has 2 fully saturated rings. The molecule has 0 amide bonds. The van der Waals surface area contributed by atoms with Crippen LogP contribution in [0.3, 0.4) is 0 Å². The fraction of sp³-hybridized carbons (Fsp3) is 0.643. The first kappa shape index (κ1) is 14.6. The van der Waals surface area contributed by atoms with Gasteiger partial charge in [0.15, 0.2) is 0 Å². The van der Waals surface area contributed by atoms with Gasteiger partial charge >= 0.3 is 6.18 Å². The molecule has 0 saturated carbocycles. The maximum Gasteiger partial charge on any atom is 0.417 e. The Balaban J connectivity index is 1.81. The molecule has 0 radical (unpaired) electrons. The number of morpholine rings is 1. The largest absolute Gasteiger partial charge is 0.417 e. The average Bonchev–Trinajstić information content (AvgIpc) is 2.46. The number of piperidine rings is 1. The van der Waals surface area contributed by atoms with Crippen LogP contribution in [0.4, 0.5) is 19.0 Å². The molecule has 0 aromatic carbocycles. The second-order valence-electron chi connectivity index (χ2n) is 5.62. The molecule has 0 N–H and O–H groups in total. The number of alkyl halides is 3. The molecule has 116 valence electrons. The number of hydrogen-bond donors (Lipinski definition) is 0. The van der Waals surface area contributed by atoms with Gasteiger partial charge in [-0.15, -0.1) is 0 Å². The average molecular weight is 301 g/mol.